The molecule has 96 valence electrons. The summed E-state index contributed by atoms with van der Waals surface area (Å²) in [6.07, 6.45) is 1.64. The van der Waals surface area contributed by atoms with Gasteiger partial charge in [0.1, 0.15) is 0 Å². The van der Waals surface area contributed by atoms with Gasteiger partial charge in [0.15, 0.2) is 9.84 Å². The summed E-state index contributed by atoms with van der Waals surface area (Å²) in [5.74, 6) is 5.55. The zero-order chi connectivity index (χ0) is 13.6. The molecular weight excluding hydrogens is 250 g/mol. The van der Waals surface area contributed by atoms with Gasteiger partial charge in [-0.2, -0.15) is 0 Å². The molecule has 0 aromatic heterocycles. The highest BCUT2D eigenvalue weighted by Crippen LogP contribution is 2.13. The second kappa shape index (κ2) is 6.22. The smallest absolute Gasteiger partial charge is 0.216 e. The molecule has 5 heteroatoms. The Labute approximate surface area is 107 Å². The predicted octanol–water partition coefficient (Wildman–Crippen LogP) is 0.968. The van der Waals surface area contributed by atoms with E-state index in [2.05, 4.69) is 17.2 Å². The summed E-state index contributed by atoms with van der Waals surface area (Å²) < 4.78 is 23.0. The number of nitrogens with one attached hydrogen (secondary N) is 1. The van der Waals surface area contributed by atoms with Crippen LogP contribution in [0.1, 0.15) is 18.9 Å². The molecule has 4 nitrogen and oxygen atoms in total. The highest BCUT2D eigenvalue weighted by Gasteiger charge is 2.10. The van der Waals surface area contributed by atoms with Crippen molar-refractivity contribution >= 4 is 15.7 Å². The van der Waals surface area contributed by atoms with Crippen LogP contribution in [0.15, 0.2) is 29.2 Å². The second-order valence-electron chi connectivity index (χ2n) is 3.80. The summed E-state index contributed by atoms with van der Waals surface area (Å²) >= 11 is 0. The van der Waals surface area contributed by atoms with Crippen molar-refractivity contribution in [3.05, 3.63) is 29.8 Å². The highest BCUT2D eigenvalue weighted by molar-refractivity contribution is 7.90. The molecule has 0 bridgehead atoms. The number of amides is 1. The molecular formula is C13H15NO3S. The highest BCUT2D eigenvalue weighted by atomic mass is 32.2. The van der Waals surface area contributed by atoms with Crippen molar-refractivity contribution in [1.82, 2.24) is 5.32 Å². The van der Waals surface area contributed by atoms with Crippen LogP contribution in [0.5, 0.6) is 0 Å². The Morgan fingerprint density at radius 1 is 1.33 bits per heavy atom. The van der Waals surface area contributed by atoms with Crippen molar-refractivity contribution in [2.75, 3.05) is 12.8 Å². The lowest BCUT2D eigenvalue weighted by atomic mass is 10.2. The van der Waals surface area contributed by atoms with E-state index in [1.54, 1.807) is 18.2 Å². The van der Waals surface area contributed by atoms with Gasteiger partial charge in [0.2, 0.25) is 5.91 Å². The molecule has 0 saturated heterocycles. The Balaban J connectivity index is 2.80. The maximum absolute atomic E-state index is 11.5. The fourth-order valence-electron chi connectivity index (χ4n) is 1.35. The lowest BCUT2D eigenvalue weighted by molar-refractivity contribution is -0.118. The zero-order valence-electron chi connectivity index (χ0n) is 10.4. The van der Waals surface area contributed by atoms with E-state index in [-0.39, 0.29) is 10.8 Å². The van der Waals surface area contributed by atoms with Crippen LogP contribution in [0.4, 0.5) is 0 Å². The van der Waals surface area contributed by atoms with Crippen LogP contribution in [0.3, 0.4) is 0 Å². The van der Waals surface area contributed by atoms with Gasteiger partial charge in [-0.1, -0.05) is 24.0 Å². The fourth-order valence-corrected chi connectivity index (χ4v) is 2.20. The third kappa shape index (κ3) is 4.60. The molecule has 0 spiro atoms. The molecule has 0 fully saturated rings. The van der Waals surface area contributed by atoms with Crippen molar-refractivity contribution in [2.24, 2.45) is 0 Å². The Bertz CT molecular complexity index is 594. The maximum Gasteiger partial charge on any atom is 0.216 e. The van der Waals surface area contributed by atoms with E-state index in [9.17, 15) is 13.2 Å². The first kappa shape index (κ1) is 14.3. The number of carbonyl (C=O) groups is 1. The summed E-state index contributed by atoms with van der Waals surface area (Å²) in [4.78, 5) is 10.9. The molecule has 0 aliphatic rings. The summed E-state index contributed by atoms with van der Waals surface area (Å²) in [5, 5.41) is 2.62. The lowest BCUT2D eigenvalue weighted by Crippen LogP contribution is -2.20. The van der Waals surface area contributed by atoms with Crippen molar-refractivity contribution < 1.29 is 13.2 Å². The van der Waals surface area contributed by atoms with Crippen molar-refractivity contribution in [2.45, 2.75) is 18.2 Å². The summed E-state index contributed by atoms with van der Waals surface area (Å²) in [7, 11) is -3.26. The molecule has 0 unspecified atom stereocenters. The number of hydrogen-bond donors (Lipinski definition) is 1. The molecule has 0 heterocycles. The van der Waals surface area contributed by atoms with E-state index in [0.29, 0.717) is 18.5 Å². The molecule has 1 aromatic rings. The van der Waals surface area contributed by atoms with Crippen molar-refractivity contribution in [3.8, 4) is 11.8 Å². The normalized spacial score (nSPS) is 10.3. The van der Waals surface area contributed by atoms with Crippen LogP contribution < -0.4 is 5.32 Å². The minimum absolute atomic E-state index is 0.103. The van der Waals surface area contributed by atoms with Gasteiger partial charge in [-0.15, -0.1) is 0 Å². The predicted molar refractivity (Wildman–Crippen MR) is 69.7 cm³/mol. The lowest BCUT2D eigenvalue weighted by Gasteiger charge is -2.00. The van der Waals surface area contributed by atoms with Crippen LogP contribution >= 0.6 is 0 Å². The van der Waals surface area contributed by atoms with E-state index in [1.165, 1.54) is 13.0 Å². The Morgan fingerprint density at radius 3 is 2.61 bits per heavy atom. The number of hydrogen-bond acceptors (Lipinski definition) is 3. The minimum atomic E-state index is -3.26. The molecule has 0 atom stereocenters. The molecule has 0 aliphatic heterocycles. The molecule has 18 heavy (non-hydrogen) atoms. The molecule has 1 rings (SSSR count). The SMILES string of the molecule is CC(=O)NCCC#Cc1ccccc1S(C)(=O)=O. The second-order valence-corrected chi connectivity index (χ2v) is 5.79. The number of sulfone groups is 1. The average molecular weight is 265 g/mol. The molecule has 0 radical (unpaired) electrons. The molecule has 1 amide bonds. The van der Waals surface area contributed by atoms with Crippen LogP contribution in [0.2, 0.25) is 0 Å². The number of rotatable bonds is 3. The van der Waals surface area contributed by atoms with Crippen LogP contribution in [-0.2, 0) is 14.6 Å². The topological polar surface area (TPSA) is 63.2 Å². The van der Waals surface area contributed by atoms with Gasteiger partial charge in [-0.25, -0.2) is 8.42 Å². The Morgan fingerprint density at radius 2 is 2.00 bits per heavy atom. The van der Waals surface area contributed by atoms with Gasteiger partial charge < -0.3 is 5.32 Å². The first-order chi connectivity index (χ1) is 8.41. The summed E-state index contributed by atoms with van der Waals surface area (Å²) in [5.41, 5.74) is 0.489. The first-order valence-electron chi connectivity index (χ1n) is 5.43. The van der Waals surface area contributed by atoms with E-state index in [1.807, 2.05) is 0 Å². The monoisotopic (exact) mass is 265 g/mol. The van der Waals surface area contributed by atoms with Crippen LogP contribution in [-0.4, -0.2) is 27.1 Å². The third-order valence-corrected chi connectivity index (χ3v) is 3.29. The van der Waals surface area contributed by atoms with Gasteiger partial charge in [0, 0.05) is 31.7 Å². The van der Waals surface area contributed by atoms with Crippen LogP contribution in [0.25, 0.3) is 0 Å². The molecule has 0 saturated carbocycles. The van der Waals surface area contributed by atoms with Crippen LogP contribution in [0, 0.1) is 11.8 Å². The van der Waals surface area contributed by atoms with E-state index < -0.39 is 9.84 Å². The first-order valence-corrected chi connectivity index (χ1v) is 7.33. The molecule has 0 aliphatic carbocycles. The zero-order valence-corrected chi connectivity index (χ0v) is 11.2. The van der Waals surface area contributed by atoms with E-state index in [0.717, 1.165) is 6.26 Å². The number of carbonyl (C=O) groups excluding carboxylic acids is 1. The largest absolute Gasteiger partial charge is 0.355 e. The Hall–Kier alpha value is -1.80. The standard InChI is InChI=1S/C13H15NO3S/c1-11(15)14-10-6-5-8-12-7-3-4-9-13(12)18(2,16)17/h3-4,7,9H,6,10H2,1-2H3,(H,14,15). The van der Waals surface area contributed by atoms with Gasteiger partial charge in [0.25, 0.3) is 0 Å². The van der Waals surface area contributed by atoms with Gasteiger partial charge in [0.05, 0.1) is 4.90 Å². The molecule has 1 aromatic carbocycles. The van der Waals surface area contributed by atoms with Crippen molar-refractivity contribution in [1.29, 1.82) is 0 Å². The van der Waals surface area contributed by atoms with Gasteiger partial charge in [-0.05, 0) is 12.1 Å². The van der Waals surface area contributed by atoms with Gasteiger partial charge >= 0.3 is 0 Å². The average Bonchev–Trinajstić information content (AvgIpc) is 2.27. The van der Waals surface area contributed by atoms with E-state index in [4.69, 9.17) is 0 Å². The van der Waals surface area contributed by atoms with E-state index >= 15 is 0 Å². The Kier molecular flexibility index (Phi) is 4.93. The minimum Gasteiger partial charge on any atom is -0.355 e. The summed E-state index contributed by atoms with van der Waals surface area (Å²) in [6.45, 7) is 1.90. The van der Waals surface area contributed by atoms with Gasteiger partial charge in [-0.3, -0.25) is 4.79 Å². The quantitative estimate of drug-likeness (QED) is 0.654. The maximum atomic E-state index is 11.5. The third-order valence-electron chi connectivity index (χ3n) is 2.13. The number of benzene rings is 1. The van der Waals surface area contributed by atoms with Crippen molar-refractivity contribution in [3.63, 3.8) is 0 Å². The summed E-state index contributed by atoms with van der Waals surface area (Å²) in [6, 6.07) is 6.61. The molecule has 1 N–H and O–H groups in total. The fraction of sp³-hybridized carbons (Fsp3) is 0.308.